The Morgan fingerprint density at radius 2 is 2.31 bits per heavy atom. The third kappa shape index (κ3) is 2.56. The Hall–Kier alpha value is -1.46. The molecule has 0 unspecified atom stereocenters. The van der Waals surface area contributed by atoms with Crippen LogP contribution in [-0.4, -0.2) is 17.0 Å². The van der Waals surface area contributed by atoms with E-state index in [9.17, 15) is 0 Å². The van der Waals surface area contributed by atoms with Crippen LogP contribution in [0.5, 0.6) is 0 Å². The van der Waals surface area contributed by atoms with Crippen molar-refractivity contribution in [1.82, 2.24) is 9.97 Å². The molecule has 0 saturated carbocycles. The summed E-state index contributed by atoms with van der Waals surface area (Å²) >= 11 is 1.63. The van der Waals surface area contributed by atoms with Crippen molar-refractivity contribution in [3.63, 3.8) is 0 Å². The molecular formula is C11H14N4S. The van der Waals surface area contributed by atoms with E-state index in [4.69, 9.17) is 5.73 Å². The Morgan fingerprint density at radius 3 is 2.94 bits per heavy atom. The van der Waals surface area contributed by atoms with E-state index in [1.807, 2.05) is 25.5 Å². The predicted octanol–water partition coefficient (Wildman–Crippen LogP) is 1.63. The smallest absolute Gasteiger partial charge is 0.185 e. The molecule has 4 nitrogen and oxygen atoms in total. The van der Waals surface area contributed by atoms with Gasteiger partial charge in [-0.05, 0) is 11.6 Å². The van der Waals surface area contributed by atoms with Crippen LogP contribution < -0.4 is 10.6 Å². The zero-order chi connectivity index (χ0) is 11.4. The molecule has 0 amide bonds. The van der Waals surface area contributed by atoms with Crippen LogP contribution in [0.3, 0.4) is 0 Å². The lowest BCUT2D eigenvalue weighted by molar-refractivity contribution is 0.907. The minimum atomic E-state index is 0.554. The number of hydrogen-bond acceptors (Lipinski definition) is 5. The molecule has 0 radical (unpaired) electrons. The lowest BCUT2D eigenvalue weighted by Gasteiger charge is -2.15. The van der Waals surface area contributed by atoms with E-state index in [0.29, 0.717) is 6.54 Å². The van der Waals surface area contributed by atoms with E-state index in [1.165, 1.54) is 5.56 Å². The third-order valence-corrected chi connectivity index (χ3v) is 3.35. The second-order valence-corrected chi connectivity index (χ2v) is 4.62. The van der Waals surface area contributed by atoms with Crippen LogP contribution in [-0.2, 0) is 13.1 Å². The van der Waals surface area contributed by atoms with Gasteiger partial charge in [0.25, 0.3) is 0 Å². The summed E-state index contributed by atoms with van der Waals surface area (Å²) < 4.78 is 0. The van der Waals surface area contributed by atoms with Crippen molar-refractivity contribution in [3.8, 4) is 0 Å². The van der Waals surface area contributed by atoms with E-state index >= 15 is 0 Å². The fourth-order valence-corrected chi connectivity index (χ4v) is 2.15. The van der Waals surface area contributed by atoms with Gasteiger partial charge in [-0.15, -0.1) is 11.3 Å². The molecule has 0 bridgehead atoms. The zero-order valence-electron chi connectivity index (χ0n) is 9.13. The maximum atomic E-state index is 5.56. The van der Waals surface area contributed by atoms with Gasteiger partial charge < -0.3 is 10.6 Å². The van der Waals surface area contributed by atoms with Gasteiger partial charge >= 0.3 is 0 Å². The SMILES string of the molecule is CN(Cc1cccnc1)c1ncc(CN)s1. The summed E-state index contributed by atoms with van der Waals surface area (Å²) in [6.45, 7) is 1.36. The Kier molecular flexibility index (Phi) is 3.48. The quantitative estimate of drug-likeness (QED) is 0.873. The van der Waals surface area contributed by atoms with Crippen LogP contribution in [0.15, 0.2) is 30.7 Å². The standard InChI is InChI=1S/C11H14N4S/c1-15(8-9-3-2-4-13-6-9)11-14-7-10(5-12)16-11/h2-4,6-7H,5,8,12H2,1H3. The molecule has 0 aromatic carbocycles. The van der Waals surface area contributed by atoms with Gasteiger partial charge in [0.1, 0.15) is 0 Å². The summed E-state index contributed by atoms with van der Waals surface area (Å²) in [7, 11) is 2.02. The molecule has 0 aliphatic carbocycles. The highest BCUT2D eigenvalue weighted by Crippen LogP contribution is 2.22. The van der Waals surface area contributed by atoms with E-state index in [-0.39, 0.29) is 0 Å². The Bertz CT molecular complexity index is 440. The molecule has 0 spiro atoms. The first-order valence-electron chi connectivity index (χ1n) is 5.04. The van der Waals surface area contributed by atoms with Gasteiger partial charge in [0.2, 0.25) is 0 Å². The van der Waals surface area contributed by atoms with Crippen LogP contribution in [0.4, 0.5) is 5.13 Å². The molecule has 0 fully saturated rings. The molecule has 0 aliphatic heterocycles. The number of hydrogen-bond donors (Lipinski definition) is 1. The van der Waals surface area contributed by atoms with E-state index in [1.54, 1.807) is 17.5 Å². The average Bonchev–Trinajstić information content (AvgIpc) is 2.79. The molecule has 2 N–H and O–H groups in total. The molecule has 2 aromatic heterocycles. The molecule has 5 heteroatoms. The second-order valence-electron chi connectivity index (χ2n) is 3.53. The maximum Gasteiger partial charge on any atom is 0.185 e. The first kappa shape index (κ1) is 11.0. The average molecular weight is 234 g/mol. The number of nitrogens with zero attached hydrogens (tertiary/aromatic N) is 3. The minimum absolute atomic E-state index is 0.554. The third-order valence-electron chi connectivity index (χ3n) is 2.21. The van der Waals surface area contributed by atoms with E-state index in [0.717, 1.165) is 16.6 Å². The molecule has 2 heterocycles. The molecule has 0 saturated heterocycles. The van der Waals surface area contributed by atoms with Crippen LogP contribution in [0.2, 0.25) is 0 Å². The Labute approximate surface area is 98.8 Å². The largest absolute Gasteiger partial charge is 0.347 e. The number of nitrogens with two attached hydrogens (primary N) is 1. The minimum Gasteiger partial charge on any atom is -0.347 e. The summed E-state index contributed by atoms with van der Waals surface area (Å²) in [4.78, 5) is 11.6. The fourth-order valence-electron chi connectivity index (χ4n) is 1.40. The molecule has 2 rings (SSSR count). The monoisotopic (exact) mass is 234 g/mol. The number of anilines is 1. The second kappa shape index (κ2) is 5.05. The topological polar surface area (TPSA) is 55.0 Å². The first-order valence-corrected chi connectivity index (χ1v) is 5.86. The number of rotatable bonds is 4. The molecule has 0 aliphatic rings. The van der Waals surface area contributed by atoms with Crippen molar-refractivity contribution in [2.45, 2.75) is 13.1 Å². The van der Waals surface area contributed by atoms with Gasteiger partial charge in [-0.3, -0.25) is 4.98 Å². The van der Waals surface area contributed by atoms with Crippen molar-refractivity contribution >= 4 is 16.5 Å². The summed E-state index contributed by atoms with van der Waals surface area (Å²) in [5.41, 5.74) is 6.73. The lowest BCUT2D eigenvalue weighted by atomic mass is 10.3. The van der Waals surface area contributed by atoms with Crippen LogP contribution >= 0.6 is 11.3 Å². The first-order chi connectivity index (χ1) is 7.79. The van der Waals surface area contributed by atoms with Crippen molar-refractivity contribution in [2.75, 3.05) is 11.9 Å². The van der Waals surface area contributed by atoms with Crippen LogP contribution in [0, 0.1) is 0 Å². The number of pyridine rings is 1. The molecule has 2 aromatic rings. The van der Waals surface area contributed by atoms with E-state index < -0.39 is 0 Å². The van der Waals surface area contributed by atoms with Crippen LogP contribution in [0.1, 0.15) is 10.4 Å². The van der Waals surface area contributed by atoms with Gasteiger partial charge in [-0.25, -0.2) is 4.98 Å². The zero-order valence-corrected chi connectivity index (χ0v) is 9.94. The summed E-state index contributed by atoms with van der Waals surface area (Å²) in [6.07, 6.45) is 5.48. The Morgan fingerprint density at radius 1 is 1.44 bits per heavy atom. The normalized spacial score (nSPS) is 10.4. The summed E-state index contributed by atoms with van der Waals surface area (Å²) in [6, 6.07) is 4.00. The van der Waals surface area contributed by atoms with Gasteiger partial charge in [0.05, 0.1) is 0 Å². The molecule has 0 atom stereocenters. The fraction of sp³-hybridized carbons (Fsp3) is 0.273. The molecule has 16 heavy (non-hydrogen) atoms. The van der Waals surface area contributed by atoms with Crippen LogP contribution in [0.25, 0.3) is 0 Å². The number of aromatic nitrogens is 2. The summed E-state index contributed by atoms with van der Waals surface area (Å²) in [5.74, 6) is 0. The highest BCUT2D eigenvalue weighted by Gasteiger charge is 2.06. The van der Waals surface area contributed by atoms with Crippen molar-refractivity contribution in [3.05, 3.63) is 41.2 Å². The highest BCUT2D eigenvalue weighted by atomic mass is 32.1. The predicted molar refractivity (Wildman–Crippen MR) is 66.3 cm³/mol. The summed E-state index contributed by atoms with van der Waals surface area (Å²) in [5, 5.41) is 0.990. The highest BCUT2D eigenvalue weighted by molar-refractivity contribution is 7.15. The van der Waals surface area contributed by atoms with E-state index in [2.05, 4.69) is 20.9 Å². The van der Waals surface area contributed by atoms with Crippen molar-refractivity contribution < 1.29 is 0 Å². The van der Waals surface area contributed by atoms with Gasteiger partial charge in [-0.2, -0.15) is 0 Å². The van der Waals surface area contributed by atoms with Crippen molar-refractivity contribution in [1.29, 1.82) is 0 Å². The van der Waals surface area contributed by atoms with Gasteiger partial charge in [0.15, 0.2) is 5.13 Å². The Balaban J connectivity index is 2.05. The van der Waals surface area contributed by atoms with Crippen molar-refractivity contribution in [2.24, 2.45) is 5.73 Å². The molecular weight excluding hydrogens is 220 g/mol. The lowest BCUT2D eigenvalue weighted by Crippen LogP contribution is -2.15. The number of thiazole rings is 1. The van der Waals surface area contributed by atoms with Gasteiger partial charge in [-0.1, -0.05) is 6.07 Å². The molecule has 84 valence electrons. The van der Waals surface area contributed by atoms with Gasteiger partial charge in [0, 0.05) is 43.6 Å². The maximum absolute atomic E-state index is 5.56.